The molecule has 32 heavy (non-hydrogen) atoms. The molecule has 0 radical (unpaired) electrons. The van der Waals surface area contributed by atoms with E-state index < -0.39 is 0 Å². The molecule has 6 heteroatoms. The Bertz CT molecular complexity index is 832. The van der Waals surface area contributed by atoms with Crippen molar-refractivity contribution in [2.24, 2.45) is 5.92 Å². The van der Waals surface area contributed by atoms with Gasteiger partial charge in [0.05, 0.1) is 39.1 Å². The van der Waals surface area contributed by atoms with Crippen molar-refractivity contribution in [3.8, 4) is 17.2 Å². The van der Waals surface area contributed by atoms with Gasteiger partial charge in [0.2, 0.25) is 0 Å². The van der Waals surface area contributed by atoms with E-state index in [0.29, 0.717) is 18.0 Å². The van der Waals surface area contributed by atoms with Crippen molar-refractivity contribution in [1.29, 1.82) is 0 Å². The van der Waals surface area contributed by atoms with Crippen LogP contribution in [0, 0.1) is 5.92 Å². The zero-order valence-electron chi connectivity index (χ0n) is 19.4. The van der Waals surface area contributed by atoms with E-state index in [1.807, 2.05) is 24.3 Å². The number of carbonyl (C=O) groups is 1. The molecule has 6 nitrogen and oxygen atoms in total. The van der Waals surface area contributed by atoms with E-state index in [9.17, 15) is 4.79 Å². The van der Waals surface area contributed by atoms with Gasteiger partial charge in [0.15, 0.2) is 0 Å². The standard InChI is InChI=1S/C26H35NO5/c1-29-24-15-22(32-18-19-9-7-5-4-6-8-10-19)16-25(30-2)23(24)17-27-21-13-11-20(12-14-21)26(28)31-3/h11-16,19,27H,4-10,17-18H2,1-3H3. The summed E-state index contributed by atoms with van der Waals surface area (Å²) < 4.78 is 22.2. The van der Waals surface area contributed by atoms with Crippen LogP contribution in [0.4, 0.5) is 5.69 Å². The highest BCUT2D eigenvalue weighted by Gasteiger charge is 2.16. The van der Waals surface area contributed by atoms with Crippen LogP contribution in [0.5, 0.6) is 17.2 Å². The van der Waals surface area contributed by atoms with Crippen molar-refractivity contribution < 1.29 is 23.7 Å². The molecule has 0 heterocycles. The third kappa shape index (κ3) is 6.55. The van der Waals surface area contributed by atoms with Crippen LogP contribution in [0.15, 0.2) is 36.4 Å². The Hall–Kier alpha value is -2.89. The number of hydrogen-bond donors (Lipinski definition) is 1. The number of benzene rings is 2. The molecular weight excluding hydrogens is 406 g/mol. The molecule has 0 amide bonds. The normalized spacial score (nSPS) is 14.7. The molecule has 1 aliphatic rings. The number of anilines is 1. The van der Waals surface area contributed by atoms with Crippen LogP contribution in [-0.2, 0) is 11.3 Å². The fraction of sp³-hybridized carbons (Fsp3) is 0.500. The lowest BCUT2D eigenvalue weighted by Crippen LogP contribution is -2.14. The maximum atomic E-state index is 11.6. The highest BCUT2D eigenvalue weighted by molar-refractivity contribution is 5.89. The van der Waals surface area contributed by atoms with Crippen LogP contribution in [0.2, 0.25) is 0 Å². The van der Waals surface area contributed by atoms with Crippen molar-refractivity contribution >= 4 is 11.7 Å². The fourth-order valence-electron chi connectivity index (χ4n) is 4.17. The smallest absolute Gasteiger partial charge is 0.337 e. The number of nitrogens with one attached hydrogen (secondary N) is 1. The quantitative estimate of drug-likeness (QED) is 0.493. The molecule has 0 bridgehead atoms. The Balaban J connectivity index is 1.66. The molecule has 0 spiro atoms. The van der Waals surface area contributed by atoms with Crippen LogP contribution < -0.4 is 19.5 Å². The minimum atomic E-state index is -0.352. The summed E-state index contributed by atoms with van der Waals surface area (Å²) in [7, 11) is 4.68. The summed E-state index contributed by atoms with van der Waals surface area (Å²) in [5.74, 6) is 2.47. The lowest BCUT2D eigenvalue weighted by Gasteiger charge is -2.21. The predicted molar refractivity (Wildman–Crippen MR) is 126 cm³/mol. The molecular formula is C26H35NO5. The van der Waals surface area contributed by atoms with Gasteiger partial charge < -0.3 is 24.3 Å². The first kappa shape index (κ1) is 23.8. The molecule has 1 aliphatic carbocycles. The molecule has 0 aliphatic heterocycles. The number of methoxy groups -OCH3 is 3. The van der Waals surface area contributed by atoms with Crippen molar-refractivity contribution in [2.75, 3.05) is 33.3 Å². The zero-order chi connectivity index (χ0) is 22.8. The monoisotopic (exact) mass is 441 g/mol. The van der Waals surface area contributed by atoms with Gasteiger partial charge in [0.25, 0.3) is 0 Å². The van der Waals surface area contributed by atoms with Crippen LogP contribution >= 0.6 is 0 Å². The molecule has 0 aromatic heterocycles. The Kier molecular flexibility index (Phi) is 9.08. The molecule has 3 rings (SSSR count). The van der Waals surface area contributed by atoms with Gasteiger partial charge in [-0.05, 0) is 43.0 Å². The lowest BCUT2D eigenvalue weighted by atomic mass is 9.92. The number of hydrogen-bond acceptors (Lipinski definition) is 6. The maximum absolute atomic E-state index is 11.6. The minimum Gasteiger partial charge on any atom is -0.496 e. The van der Waals surface area contributed by atoms with Crippen LogP contribution in [-0.4, -0.2) is 33.9 Å². The van der Waals surface area contributed by atoms with Gasteiger partial charge in [-0.3, -0.25) is 0 Å². The second-order valence-electron chi connectivity index (χ2n) is 8.25. The highest BCUT2D eigenvalue weighted by Crippen LogP contribution is 2.35. The number of esters is 1. The minimum absolute atomic E-state index is 0.352. The zero-order valence-corrected chi connectivity index (χ0v) is 19.4. The molecule has 2 aromatic rings. The maximum Gasteiger partial charge on any atom is 0.337 e. The summed E-state index contributed by atoms with van der Waals surface area (Å²) in [6.07, 6.45) is 9.12. The number of carbonyl (C=O) groups excluding carboxylic acids is 1. The van der Waals surface area contributed by atoms with Gasteiger partial charge >= 0.3 is 5.97 Å². The van der Waals surface area contributed by atoms with Crippen LogP contribution in [0.1, 0.15) is 60.9 Å². The van der Waals surface area contributed by atoms with E-state index in [4.69, 9.17) is 18.9 Å². The van der Waals surface area contributed by atoms with Crippen molar-refractivity contribution in [1.82, 2.24) is 0 Å². The number of ether oxygens (including phenoxy) is 4. The van der Waals surface area contributed by atoms with Crippen molar-refractivity contribution in [3.63, 3.8) is 0 Å². The topological polar surface area (TPSA) is 66.0 Å². The van der Waals surface area contributed by atoms with Crippen LogP contribution in [0.25, 0.3) is 0 Å². The Labute approximate surface area is 191 Å². The van der Waals surface area contributed by atoms with E-state index >= 15 is 0 Å². The van der Waals surface area contributed by atoms with E-state index in [1.165, 1.54) is 52.1 Å². The van der Waals surface area contributed by atoms with Crippen molar-refractivity contribution in [3.05, 3.63) is 47.5 Å². The SMILES string of the molecule is COC(=O)c1ccc(NCc2c(OC)cc(OCC3CCCCCCC3)cc2OC)cc1. The third-order valence-corrected chi connectivity index (χ3v) is 6.07. The molecule has 1 fully saturated rings. The Morgan fingerprint density at radius 1 is 0.906 bits per heavy atom. The Morgan fingerprint density at radius 3 is 2.06 bits per heavy atom. The Morgan fingerprint density at radius 2 is 1.50 bits per heavy atom. The molecule has 0 unspecified atom stereocenters. The molecule has 174 valence electrons. The van der Waals surface area contributed by atoms with Gasteiger partial charge in [0.1, 0.15) is 17.2 Å². The predicted octanol–water partition coefficient (Wildman–Crippen LogP) is 5.84. The first-order valence-corrected chi connectivity index (χ1v) is 11.4. The van der Waals surface area contributed by atoms with E-state index in [0.717, 1.165) is 35.1 Å². The summed E-state index contributed by atoms with van der Waals surface area (Å²) in [5.41, 5.74) is 2.30. The summed E-state index contributed by atoms with van der Waals surface area (Å²) in [5, 5.41) is 3.36. The first-order valence-electron chi connectivity index (χ1n) is 11.4. The lowest BCUT2D eigenvalue weighted by molar-refractivity contribution is 0.0600. The fourth-order valence-corrected chi connectivity index (χ4v) is 4.17. The molecule has 0 atom stereocenters. The average Bonchev–Trinajstić information content (AvgIpc) is 2.81. The molecule has 0 saturated heterocycles. The van der Waals surface area contributed by atoms with E-state index in [2.05, 4.69) is 5.32 Å². The summed E-state index contributed by atoms with van der Waals surface area (Å²) in [6.45, 7) is 1.24. The van der Waals surface area contributed by atoms with Gasteiger partial charge in [0, 0.05) is 24.4 Å². The van der Waals surface area contributed by atoms with E-state index in [1.54, 1.807) is 26.4 Å². The van der Waals surface area contributed by atoms with Crippen LogP contribution in [0.3, 0.4) is 0 Å². The highest BCUT2D eigenvalue weighted by atomic mass is 16.5. The van der Waals surface area contributed by atoms with Crippen molar-refractivity contribution in [2.45, 2.75) is 51.5 Å². The largest absolute Gasteiger partial charge is 0.496 e. The second kappa shape index (κ2) is 12.2. The molecule has 2 aromatic carbocycles. The van der Waals surface area contributed by atoms with E-state index in [-0.39, 0.29) is 5.97 Å². The summed E-state index contributed by atoms with van der Waals surface area (Å²) in [6, 6.07) is 11.0. The molecule has 1 saturated carbocycles. The van der Waals surface area contributed by atoms with Gasteiger partial charge in [-0.25, -0.2) is 4.79 Å². The first-order chi connectivity index (χ1) is 15.6. The summed E-state index contributed by atoms with van der Waals surface area (Å²) >= 11 is 0. The average molecular weight is 442 g/mol. The molecule has 1 N–H and O–H groups in total. The second-order valence-corrected chi connectivity index (χ2v) is 8.25. The third-order valence-electron chi connectivity index (χ3n) is 6.07. The summed E-state index contributed by atoms with van der Waals surface area (Å²) in [4.78, 5) is 11.6. The van der Waals surface area contributed by atoms with Gasteiger partial charge in [-0.2, -0.15) is 0 Å². The van der Waals surface area contributed by atoms with Gasteiger partial charge in [-0.1, -0.05) is 32.1 Å². The van der Waals surface area contributed by atoms with Gasteiger partial charge in [-0.15, -0.1) is 0 Å². The number of rotatable bonds is 9.